The van der Waals surface area contributed by atoms with Gasteiger partial charge < -0.3 is 15.2 Å². The second kappa shape index (κ2) is 9.65. The highest BCUT2D eigenvalue weighted by Gasteiger charge is 2.16. The van der Waals surface area contributed by atoms with Gasteiger partial charge in [-0.25, -0.2) is 4.39 Å². The van der Waals surface area contributed by atoms with E-state index in [0.29, 0.717) is 21.2 Å². The maximum atomic E-state index is 15.0. The van der Waals surface area contributed by atoms with Crippen LogP contribution in [0.25, 0.3) is 21.2 Å². The fraction of sp³-hybridized carbons (Fsp3) is 0.167. The van der Waals surface area contributed by atoms with E-state index in [1.165, 1.54) is 18.4 Å². The zero-order valence-corrected chi connectivity index (χ0v) is 18.8. The maximum Gasteiger partial charge on any atom is 0.310 e. The third-order valence-electron chi connectivity index (χ3n) is 5.04. The number of ether oxygens (including phenoxy) is 2. The average Bonchev–Trinajstić information content (AvgIpc) is 3.18. The number of rotatable bonds is 7. The summed E-state index contributed by atoms with van der Waals surface area (Å²) in [4.78, 5) is 15.7. The number of methoxy groups -OCH3 is 1. The van der Waals surface area contributed by atoms with E-state index in [0.717, 1.165) is 21.2 Å². The average molecular weight is 471 g/mol. The number of aromatic nitrogens is 1. The monoisotopic (exact) mass is 470 g/mol. The van der Waals surface area contributed by atoms with Crippen LogP contribution in [0, 0.1) is 5.82 Å². The molecule has 164 valence electrons. The minimum Gasteiger partial charge on any atom is -0.489 e. The fourth-order valence-electron chi connectivity index (χ4n) is 3.49. The summed E-state index contributed by atoms with van der Waals surface area (Å²) < 4.78 is 27.4. The lowest BCUT2D eigenvalue weighted by molar-refractivity contribution is -0.139. The van der Waals surface area contributed by atoms with Gasteiger partial charge in [-0.1, -0.05) is 29.8 Å². The molecule has 0 aliphatic carbocycles. The van der Waals surface area contributed by atoms with Crippen molar-refractivity contribution >= 4 is 39.0 Å². The van der Waals surface area contributed by atoms with E-state index in [4.69, 9.17) is 26.8 Å². The highest BCUT2D eigenvalue weighted by molar-refractivity contribution is 7.22. The number of hydrogen-bond donors (Lipinski definition) is 1. The van der Waals surface area contributed by atoms with Crippen LogP contribution >= 0.6 is 22.9 Å². The summed E-state index contributed by atoms with van der Waals surface area (Å²) in [5.41, 5.74) is 8.52. The van der Waals surface area contributed by atoms with Gasteiger partial charge in [0.05, 0.1) is 23.6 Å². The van der Waals surface area contributed by atoms with Crippen molar-refractivity contribution in [2.75, 3.05) is 7.11 Å². The van der Waals surface area contributed by atoms with Crippen molar-refractivity contribution in [3.8, 4) is 16.9 Å². The van der Waals surface area contributed by atoms with Crippen molar-refractivity contribution in [1.82, 2.24) is 4.98 Å². The maximum absolute atomic E-state index is 15.0. The normalized spacial score (nSPS) is 11.0. The van der Waals surface area contributed by atoms with E-state index >= 15 is 4.39 Å². The SMILES string of the molecule is COC(=O)Cc1ccccc1OCc1cc(-c2ccnc(CN)c2F)c2cc(Cl)sc2c1. The van der Waals surface area contributed by atoms with E-state index in [2.05, 4.69) is 4.98 Å². The summed E-state index contributed by atoms with van der Waals surface area (Å²) in [6, 6.07) is 14.6. The number of carbonyl (C=O) groups is 1. The first kappa shape index (κ1) is 22.2. The molecule has 0 spiro atoms. The number of nitrogens with zero attached hydrogens (tertiary/aromatic N) is 1. The van der Waals surface area contributed by atoms with Gasteiger partial charge in [-0.3, -0.25) is 9.78 Å². The van der Waals surface area contributed by atoms with Gasteiger partial charge in [0.15, 0.2) is 5.82 Å². The van der Waals surface area contributed by atoms with Crippen LogP contribution in [0.1, 0.15) is 16.8 Å². The first-order chi connectivity index (χ1) is 15.5. The number of para-hydroxylation sites is 1. The number of fused-ring (bicyclic) bond motifs is 1. The van der Waals surface area contributed by atoms with Crippen molar-refractivity contribution in [2.45, 2.75) is 19.6 Å². The van der Waals surface area contributed by atoms with Crippen molar-refractivity contribution < 1.29 is 18.7 Å². The lowest BCUT2D eigenvalue weighted by Crippen LogP contribution is -2.07. The smallest absolute Gasteiger partial charge is 0.310 e. The fourth-order valence-corrected chi connectivity index (χ4v) is 4.72. The molecule has 0 saturated carbocycles. The molecule has 32 heavy (non-hydrogen) atoms. The molecule has 2 aromatic heterocycles. The second-order valence-corrected chi connectivity index (χ2v) is 8.79. The molecule has 0 fully saturated rings. The van der Waals surface area contributed by atoms with Crippen LogP contribution in [-0.4, -0.2) is 18.1 Å². The van der Waals surface area contributed by atoms with Crippen LogP contribution in [0.4, 0.5) is 4.39 Å². The topological polar surface area (TPSA) is 74.4 Å². The number of hydrogen-bond acceptors (Lipinski definition) is 6. The van der Waals surface area contributed by atoms with Crippen LogP contribution in [0.2, 0.25) is 4.34 Å². The molecule has 8 heteroatoms. The largest absolute Gasteiger partial charge is 0.489 e. The minimum atomic E-state index is -0.444. The molecule has 0 saturated heterocycles. The molecule has 0 bridgehead atoms. The Hall–Kier alpha value is -3.00. The molecule has 4 rings (SSSR count). The molecular formula is C24H20ClFN2O3S. The van der Waals surface area contributed by atoms with Gasteiger partial charge in [-0.2, -0.15) is 0 Å². The number of esters is 1. The van der Waals surface area contributed by atoms with E-state index in [9.17, 15) is 4.79 Å². The molecule has 5 nitrogen and oxygen atoms in total. The molecule has 4 aromatic rings. The molecule has 0 unspecified atom stereocenters. The third-order valence-corrected chi connectivity index (χ3v) is 6.25. The number of thiophene rings is 1. The summed E-state index contributed by atoms with van der Waals surface area (Å²) >= 11 is 7.68. The Bertz CT molecular complexity index is 1290. The van der Waals surface area contributed by atoms with Gasteiger partial charge in [0, 0.05) is 34.0 Å². The van der Waals surface area contributed by atoms with Crippen molar-refractivity contribution in [3.63, 3.8) is 0 Å². The van der Waals surface area contributed by atoms with Crippen LogP contribution in [0.3, 0.4) is 0 Å². The summed E-state index contributed by atoms with van der Waals surface area (Å²) in [7, 11) is 1.35. The number of nitrogens with two attached hydrogens (primary N) is 1. The standard InChI is InChI=1S/C24H20ClFN2O3S/c1-30-23(29)10-15-4-2-3-5-20(15)31-13-14-8-17(18-11-22(25)32-21(18)9-14)16-6-7-28-19(12-27)24(16)26/h2-9,11H,10,12-13,27H2,1H3. The van der Waals surface area contributed by atoms with Gasteiger partial charge >= 0.3 is 5.97 Å². The first-order valence-electron chi connectivity index (χ1n) is 9.83. The molecule has 0 radical (unpaired) electrons. The highest BCUT2D eigenvalue weighted by atomic mass is 35.5. The lowest BCUT2D eigenvalue weighted by Gasteiger charge is -2.13. The van der Waals surface area contributed by atoms with Gasteiger partial charge in [-0.05, 0) is 41.5 Å². The quantitative estimate of drug-likeness (QED) is 0.360. The predicted molar refractivity (Wildman–Crippen MR) is 124 cm³/mol. The number of pyridine rings is 1. The Morgan fingerprint density at radius 2 is 2.00 bits per heavy atom. The Kier molecular flexibility index (Phi) is 6.69. The minimum absolute atomic E-state index is 0.00693. The van der Waals surface area contributed by atoms with Crippen molar-refractivity contribution in [1.29, 1.82) is 0 Å². The summed E-state index contributed by atoms with van der Waals surface area (Å²) in [5, 5.41) is 0.850. The molecule has 2 N–H and O–H groups in total. The van der Waals surface area contributed by atoms with Crippen LogP contribution < -0.4 is 10.5 Å². The summed E-state index contributed by atoms with van der Waals surface area (Å²) in [6.45, 7) is 0.236. The van der Waals surface area contributed by atoms with E-state index < -0.39 is 5.82 Å². The Balaban J connectivity index is 1.71. The lowest BCUT2D eigenvalue weighted by atomic mass is 9.99. The third kappa shape index (κ3) is 4.60. The molecule has 0 atom stereocenters. The van der Waals surface area contributed by atoms with Gasteiger partial charge in [-0.15, -0.1) is 11.3 Å². The van der Waals surface area contributed by atoms with Crippen LogP contribution in [0.5, 0.6) is 5.75 Å². The molecule has 0 aliphatic heterocycles. The van der Waals surface area contributed by atoms with E-state index in [1.54, 1.807) is 18.3 Å². The Labute approximate surface area is 193 Å². The molecule has 2 aromatic carbocycles. The zero-order chi connectivity index (χ0) is 22.7. The highest BCUT2D eigenvalue weighted by Crippen LogP contribution is 2.39. The van der Waals surface area contributed by atoms with E-state index in [1.807, 2.05) is 36.4 Å². The summed E-state index contributed by atoms with van der Waals surface area (Å²) in [6.07, 6.45) is 1.66. The molecule has 0 aliphatic rings. The zero-order valence-electron chi connectivity index (χ0n) is 17.2. The number of carbonyl (C=O) groups excluding carboxylic acids is 1. The predicted octanol–water partition coefficient (Wildman–Crippen LogP) is 5.51. The Morgan fingerprint density at radius 1 is 1.19 bits per heavy atom. The first-order valence-corrected chi connectivity index (χ1v) is 11.0. The van der Waals surface area contributed by atoms with Gasteiger partial charge in [0.25, 0.3) is 0 Å². The molecule has 0 amide bonds. The van der Waals surface area contributed by atoms with Crippen LogP contribution in [-0.2, 0) is 29.1 Å². The second-order valence-electron chi connectivity index (χ2n) is 7.08. The van der Waals surface area contributed by atoms with Crippen molar-refractivity contribution in [2.24, 2.45) is 5.73 Å². The van der Waals surface area contributed by atoms with Crippen LogP contribution in [0.15, 0.2) is 54.7 Å². The van der Waals surface area contributed by atoms with E-state index in [-0.39, 0.29) is 31.2 Å². The summed E-state index contributed by atoms with van der Waals surface area (Å²) in [5.74, 6) is -0.203. The molecular weight excluding hydrogens is 451 g/mol. The van der Waals surface area contributed by atoms with Gasteiger partial charge in [0.2, 0.25) is 0 Å². The number of halogens is 2. The van der Waals surface area contributed by atoms with Gasteiger partial charge in [0.1, 0.15) is 12.4 Å². The molecule has 2 heterocycles. The number of benzene rings is 2. The van der Waals surface area contributed by atoms with Crippen molar-refractivity contribution in [3.05, 3.63) is 81.7 Å². The Morgan fingerprint density at radius 3 is 2.78 bits per heavy atom.